The Morgan fingerprint density at radius 3 is 2.75 bits per heavy atom. The molecule has 0 aliphatic carbocycles. The quantitative estimate of drug-likeness (QED) is 0.504. The van der Waals surface area contributed by atoms with Crippen molar-refractivity contribution < 1.29 is 13.9 Å². The summed E-state index contributed by atoms with van der Waals surface area (Å²) >= 11 is 1.56. The first-order valence-electron chi connectivity index (χ1n) is 9.57. The molecule has 1 amide bonds. The van der Waals surface area contributed by atoms with Crippen molar-refractivity contribution in [3.63, 3.8) is 0 Å². The summed E-state index contributed by atoms with van der Waals surface area (Å²) in [5.41, 5.74) is 2.98. The smallest absolute Gasteiger partial charge is 0.225 e. The van der Waals surface area contributed by atoms with Crippen molar-refractivity contribution in [1.29, 1.82) is 0 Å². The van der Waals surface area contributed by atoms with Crippen LogP contribution < -0.4 is 10.1 Å². The first-order chi connectivity index (χ1) is 13.7. The van der Waals surface area contributed by atoms with Crippen LogP contribution in [0.25, 0.3) is 11.1 Å². The van der Waals surface area contributed by atoms with Crippen molar-refractivity contribution in [2.24, 2.45) is 0 Å². The number of para-hydroxylation sites is 1. The predicted octanol–water partition coefficient (Wildman–Crippen LogP) is 6.21. The maximum atomic E-state index is 14.3. The number of benzene rings is 2. The maximum absolute atomic E-state index is 14.3. The second kappa shape index (κ2) is 8.15. The van der Waals surface area contributed by atoms with Crippen molar-refractivity contribution in [2.45, 2.75) is 32.1 Å². The Labute approximate surface area is 168 Å². The van der Waals surface area contributed by atoms with Crippen LogP contribution in [0, 0.1) is 5.82 Å². The van der Waals surface area contributed by atoms with E-state index in [1.807, 2.05) is 35.7 Å². The first-order valence-corrected chi connectivity index (χ1v) is 10.4. The molecular formula is C23H22FNO2S. The Bertz CT molecular complexity index is 998. The minimum atomic E-state index is -0.289. The normalized spacial score (nSPS) is 15.8. The number of thiophene rings is 1. The lowest BCUT2D eigenvalue weighted by Crippen LogP contribution is -2.23. The van der Waals surface area contributed by atoms with Gasteiger partial charge in [-0.25, -0.2) is 4.39 Å². The van der Waals surface area contributed by atoms with E-state index in [4.69, 9.17) is 4.74 Å². The molecule has 0 bridgehead atoms. The van der Waals surface area contributed by atoms with Crippen LogP contribution in [0.4, 0.5) is 10.1 Å². The van der Waals surface area contributed by atoms with Gasteiger partial charge < -0.3 is 10.1 Å². The average molecular weight is 395 g/mol. The number of hydrogen-bond donors (Lipinski definition) is 1. The monoisotopic (exact) mass is 395 g/mol. The molecular weight excluding hydrogens is 373 g/mol. The molecule has 1 aliphatic heterocycles. The van der Waals surface area contributed by atoms with Crippen LogP contribution in [0.1, 0.15) is 42.5 Å². The molecule has 0 fully saturated rings. The number of amides is 1. The van der Waals surface area contributed by atoms with Gasteiger partial charge in [-0.3, -0.25) is 4.79 Å². The predicted molar refractivity (Wildman–Crippen MR) is 112 cm³/mol. The molecule has 0 saturated carbocycles. The summed E-state index contributed by atoms with van der Waals surface area (Å²) in [7, 11) is 0. The zero-order valence-electron chi connectivity index (χ0n) is 15.7. The molecule has 1 aliphatic rings. The molecule has 1 N–H and O–H groups in total. The number of anilines is 1. The highest BCUT2D eigenvalue weighted by Gasteiger charge is 2.32. The Hall–Kier alpha value is -2.66. The lowest BCUT2D eigenvalue weighted by molar-refractivity contribution is -0.116. The molecule has 1 aromatic heterocycles. The fourth-order valence-corrected chi connectivity index (χ4v) is 4.73. The second-order valence-electron chi connectivity index (χ2n) is 6.91. The van der Waals surface area contributed by atoms with Crippen molar-refractivity contribution in [2.75, 3.05) is 11.9 Å². The summed E-state index contributed by atoms with van der Waals surface area (Å²) in [4.78, 5) is 13.6. The van der Waals surface area contributed by atoms with Gasteiger partial charge in [0.2, 0.25) is 5.91 Å². The van der Waals surface area contributed by atoms with Gasteiger partial charge in [0.05, 0.1) is 12.3 Å². The summed E-state index contributed by atoms with van der Waals surface area (Å²) in [6, 6.07) is 14.6. The molecule has 2 aromatic carbocycles. The zero-order valence-corrected chi connectivity index (χ0v) is 16.5. The van der Waals surface area contributed by atoms with Gasteiger partial charge in [0.1, 0.15) is 11.6 Å². The van der Waals surface area contributed by atoms with E-state index in [9.17, 15) is 9.18 Å². The lowest BCUT2D eigenvalue weighted by atomic mass is 9.88. The first kappa shape index (κ1) is 18.7. The summed E-state index contributed by atoms with van der Waals surface area (Å²) < 4.78 is 20.4. The van der Waals surface area contributed by atoms with Gasteiger partial charge >= 0.3 is 0 Å². The number of halogens is 1. The van der Waals surface area contributed by atoms with Gasteiger partial charge in [-0.2, -0.15) is 0 Å². The van der Waals surface area contributed by atoms with E-state index in [0.29, 0.717) is 18.6 Å². The number of rotatable bonds is 6. The third kappa shape index (κ3) is 3.54. The number of hydrogen-bond acceptors (Lipinski definition) is 3. The summed E-state index contributed by atoms with van der Waals surface area (Å²) in [6.45, 7) is 2.78. The van der Waals surface area contributed by atoms with E-state index in [1.165, 1.54) is 6.07 Å². The highest BCUT2D eigenvalue weighted by Crippen LogP contribution is 2.48. The Morgan fingerprint density at radius 2 is 1.93 bits per heavy atom. The molecule has 3 aromatic rings. The van der Waals surface area contributed by atoms with Crippen LogP contribution in [0.15, 0.2) is 53.9 Å². The summed E-state index contributed by atoms with van der Waals surface area (Å²) in [5, 5.41) is 4.90. The standard InChI is InChI=1S/C23H22FNO2S/c1-2-3-12-27-20-11-7-5-9-16(20)17-13-21(26)25-22-18(14-28-23(17)22)15-8-4-6-10-19(15)24/h4-11,14,17H,2-3,12-13H2,1H3,(H,25,26). The van der Waals surface area contributed by atoms with Crippen LogP contribution in [-0.2, 0) is 4.79 Å². The molecule has 0 saturated heterocycles. The second-order valence-corrected chi connectivity index (χ2v) is 7.82. The number of carbonyl (C=O) groups is 1. The molecule has 1 unspecified atom stereocenters. The summed E-state index contributed by atoms with van der Waals surface area (Å²) in [5.74, 6) is 0.383. The largest absolute Gasteiger partial charge is 0.493 e. The fraction of sp³-hybridized carbons (Fsp3) is 0.261. The third-order valence-corrected chi connectivity index (χ3v) is 6.10. The molecule has 5 heteroatoms. The SMILES string of the molecule is CCCCOc1ccccc1C1CC(=O)Nc2c(-c3ccccc3F)csc21. The molecule has 4 rings (SSSR count). The van der Waals surface area contributed by atoms with Crippen LogP contribution >= 0.6 is 11.3 Å². The molecule has 0 spiro atoms. The van der Waals surface area contributed by atoms with Gasteiger partial charge in [0, 0.05) is 39.3 Å². The Kier molecular flexibility index (Phi) is 5.44. The van der Waals surface area contributed by atoms with Crippen molar-refractivity contribution >= 4 is 22.9 Å². The minimum absolute atomic E-state index is 0.0585. The molecule has 0 radical (unpaired) electrons. The van der Waals surface area contributed by atoms with E-state index in [2.05, 4.69) is 12.2 Å². The molecule has 144 valence electrons. The van der Waals surface area contributed by atoms with E-state index in [1.54, 1.807) is 23.5 Å². The van der Waals surface area contributed by atoms with Gasteiger partial charge in [0.25, 0.3) is 0 Å². The summed E-state index contributed by atoms with van der Waals surface area (Å²) in [6.07, 6.45) is 2.41. The topological polar surface area (TPSA) is 38.3 Å². The lowest BCUT2D eigenvalue weighted by Gasteiger charge is -2.25. The van der Waals surface area contributed by atoms with E-state index >= 15 is 0 Å². The number of ether oxygens (including phenoxy) is 1. The van der Waals surface area contributed by atoms with Crippen molar-refractivity contribution in [3.05, 3.63) is 70.2 Å². The van der Waals surface area contributed by atoms with Crippen LogP contribution in [-0.4, -0.2) is 12.5 Å². The minimum Gasteiger partial charge on any atom is -0.493 e. The maximum Gasteiger partial charge on any atom is 0.225 e. The van der Waals surface area contributed by atoms with Gasteiger partial charge in [-0.1, -0.05) is 49.7 Å². The van der Waals surface area contributed by atoms with Gasteiger partial charge in [-0.05, 0) is 18.6 Å². The number of carbonyl (C=O) groups excluding carboxylic acids is 1. The Morgan fingerprint density at radius 1 is 1.14 bits per heavy atom. The molecule has 28 heavy (non-hydrogen) atoms. The fourth-order valence-electron chi connectivity index (χ4n) is 3.58. The molecule has 3 nitrogen and oxygen atoms in total. The van der Waals surface area contributed by atoms with Crippen LogP contribution in [0.2, 0.25) is 0 Å². The van der Waals surface area contributed by atoms with E-state index < -0.39 is 0 Å². The average Bonchev–Trinajstić information content (AvgIpc) is 3.12. The van der Waals surface area contributed by atoms with Gasteiger partial charge in [0.15, 0.2) is 0 Å². The number of nitrogens with one attached hydrogen (secondary N) is 1. The highest BCUT2D eigenvalue weighted by molar-refractivity contribution is 7.11. The molecule has 2 heterocycles. The molecule has 1 atom stereocenters. The Balaban J connectivity index is 1.75. The third-order valence-electron chi connectivity index (χ3n) is 5.00. The van der Waals surface area contributed by atoms with Crippen LogP contribution in [0.3, 0.4) is 0 Å². The number of unbranched alkanes of at least 4 members (excludes halogenated alkanes) is 1. The zero-order chi connectivity index (χ0) is 19.5. The number of fused-ring (bicyclic) bond motifs is 1. The highest BCUT2D eigenvalue weighted by atomic mass is 32.1. The van der Waals surface area contributed by atoms with Crippen molar-refractivity contribution in [1.82, 2.24) is 0 Å². The van der Waals surface area contributed by atoms with Crippen molar-refractivity contribution in [3.8, 4) is 16.9 Å². The van der Waals surface area contributed by atoms with Crippen LogP contribution in [0.5, 0.6) is 5.75 Å². The van der Waals surface area contributed by atoms with E-state index in [-0.39, 0.29) is 17.6 Å². The van der Waals surface area contributed by atoms with E-state index in [0.717, 1.165) is 40.3 Å². The van der Waals surface area contributed by atoms with Gasteiger partial charge in [-0.15, -0.1) is 11.3 Å².